The third-order valence-corrected chi connectivity index (χ3v) is 8.76. The summed E-state index contributed by atoms with van der Waals surface area (Å²) < 4.78 is 92.9. The second-order valence-corrected chi connectivity index (χ2v) is 11.0. The molecule has 36 heavy (non-hydrogen) atoms. The molecule has 0 radical (unpaired) electrons. The van der Waals surface area contributed by atoms with Crippen molar-refractivity contribution in [1.29, 1.82) is 0 Å². The van der Waals surface area contributed by atoms with E-state index in [1.54, 1.807) is 6.92 Å². The minimum atomic E-state index is -4.95. The van der Waals surface area contributed by atoms with E-state index in [0.717, 1.165) is 31.4 Å². The van der Waals surface area contributed by atoms with Gasteiger partial charge in [-0.1, -0.05) is 6.07 Å². The van der Waals surface area contributed by atoms with Crippen molar-refractivity contribution in [3.05, 3.63) is 65.9 Å². The molecule has 3 heterocycles. The fraction of sp³-hybridized carbons (Fsp3) is 0.318. The molecule has 1 unspecified atom stereocenters. The Morgan fingerprint density at radius 2 is 1.94 bits per heavy atom. The van der Waals surface area contributed by atoms with Crippen molar-refractivity contribution >= 4 is 27.2 Å². The van der Waals surface area contributed by atoms with Gasteiger partial charge in [0.2, 0.25) is 0 Å². The highest BCUT2D eigenvalue weighted by atomic mass is 32.2. The Balaban J connectivity index is 1.54. The van der Waals surface area contributed by atoms with Crippen LogP contribution in [-0.4, -0.2) is 41.8 Å². The van der Waals surface area contributed by atoms with Crippen molar-refractivity contribution in [2.45, 2.75) is 30.7 Å². The van der Waals surface area contributed by atoms with Crippen LogP contribution in [0.4, 0.5) is 38.1 Å². The lowest BCUT2D eigenvalue weighted by atomic mass is 10.0. The lowest BCUT2D eigenvalue weighted by Gasteiger charge is -2.20. The van der Waals surface area contributed by atoms with E-state index >= 15 is 0 Å². The number of imidazole rings is 1. The van der Waals surface area contributed by atoms with E-state index < -0.39 is 49.7 Å². The molecule has 1 aromatic carbocycles. The standard InChI is InChI=1S/C22H20F5N5O3S/c1-21(7-4-8-36(21,34)35)17-11-32(12-29-17)19-15(23)9-13(10-28-19)30-20(33)31(2)16-6-3-5-14(18(16)24)22(25,26)27/h3,5-6,9-12H,4,7-8H2,1-2H3,(H,30,33). The number of pyridine rings is 1. The van der Waals surface area contributed by atoms with Crippen LogP contribution < -0.4 is 10.2 Å². The molecule has 1 N–H and O–H groups in total. The van der Waals surface area contributed by atoms with Gasteiger partial charge in [0, 0.05) is 19.3 Å². The lowest BCUT2D eigenvalue weighted by molar-refractivity contribution is -0.139. The highest BCUT2D eigenvalue weighted by molar-refractivity contribution is 7.92. The molecule has 1 saturated heterocycles. The molecule has 8 nitrogen and oxygen atoms in total. The van der Waals surface area contributed by atoms with Crippen molar-refractivity contribution < 1.29 is 35.2 Å². The predicted molar refractivity (Wildman–Crippen MR) is 121 cm³/mol. The molecule has 2 aromatic heterocycles. The number of urea groups is 1. The molecule has 0 aliphatic carbocycles. The van der Waals surface area contributed by atoms with Crippen molar-refractivity contribution in [3.63, 3.8) is 0 Å². The average Bonchev–Trinajstić information content (AvgIpc) is 3.38. The van der Waals surface area contributed by atoms with E-state index in [1.165, 1.54) is 17.1 Å². The van der Waals surface area contributed by atoms with E-state index in [2.05, 4.69) is 15.3 Å². The van der Waals surface area contributed by atoms with Gasteiger partial charge in [-0.05, 0) is 31.9 Å². The van der Waals surface area contributed by atoms with Crippen molar-refractivity contribution in [2.75, 3.05) is 23.0 Å². The number of benzene rings is 1. The predicted octanol–water partition coefficient (Wildman–Crippen LogP) is 4.66. The maximum absolute atomic E-state index is 14.8. The smallest absolute Gasteiger partial charge is 0.306 e. The lowest BCUT2D eigenvalue weighted by Crippen LogP contribution is -2.32. The zero-order valence-corrected chi connectivity index (χ0v) is 19.8. The average molecular weight is 529 g/mol. The molecule has 1 aliphatic rings. The first-order valence-electron chi connectivity index (χ1n) is 10.6. The molecule has 0 saturated carbocycles. The van der Waals surface area contributed by atoms with Crippen molar-refractivity contribution in [2.24, 2.45) is 0 Å². The minimum Gasteiger partial charge on any atom is -0.306 e. The zero-order valence-electron chi connectivity index (χ0n) is 19.0. The van der Waals surface area contributed by atoms with Crippen LogP contribution in [0.15, 0.2) is 43.0 Å². The number of carbonyl (C=O) groups is 1. The number of hydrogen-bond acceptors (Lipinski definition) is 5. The van der Waals surface area contributed by atoms with Crippen LogP contribution in [0.3, 0.4) is 0 Å². The molecule has 1 atom stereocenters. The molecule has 0 spiro atoms. The van der Waals surface area contributed by atoms with E-state index in [9.17, 15) is 35.2 Å². The third-order valence-electron chi connectivity index (χ3n) is 6.15. The Hall–Kier alpha value is -3.55. The number of halogens is 5. The van der Waals surface area contributed by atoms with Gasteiger partial charge < -0.3 is 5.32 Å². The van der Waals surface area contributed by atoms with E-state index in [0.29, 0.717) is 23.8 Å². The van der Waals surface area contributed by atoms with Gasteiger partial charge in [-0.25, -0.2) is 32.0 Å². The first kappa shape index (κ1) is 25.5. The summed E-state index contributed by atoms with van der Waals surface area (Å²) in [4.78, 5) is 21.2. The van der Waals surface area contributed by atoms with Gasteiger partial charge in [-0.3, -0.25) is 9.47 Å². The maximum Gasteiger partial charge on any atom is 0.419 e. The van der Waals surface area contributed by atoms with Gasteiger partial charge in [0.1, 0.15) is 11.1 Å². The molecule has 1 fully saturated rings. The fourth-order valence-electron chi connectivity index (χ4n) is 3.98. The van der Waals surface area contributed by atoms with E-state index in [1.807, 2.05) is 0 Å². The summed E-state index contributed by atoms with van der Waals surface area (Å²) in [6.45, 7) is 1.56. The Bertz CT molecular complexity index is 1440. The van der Waals surface area contributed by atoms with Gasteiger partial charge >= 0.3 is 12.2 Å². The molecule has 3 aromatic rings. The number of nitrogens with one attached hydrogen (secondary N) is 1. The normalized spacial score (nSPS) is 19.3. The molecule has 2 amide bonds. The largest absolute Gasteiger partial charge is 0.419 e. The van der Waals surface area contributed by atoms with Crippen LogP contribution in [0.1, 0.15) is 31.0 Å². The SMILES string of the molecule is CN(C(=O)Nc1cnc(-n2cnc(C3(C)CCCS3(=O)=O)c2)c(F)c1)c1cccc(C(F)(F)F)c1F. The number of hydrogen-bond donors (Lipinski definition) is 1. The number of alkyl halides is 3. The number of nitrogens with zero attached hydrogens (tertiary/aromatic N) is 4. The van der Waals surface area contributed by atoms with Crippen LogP contribution in [-0.2, 0) is 20.8 Å². The van der Waals surface area contributed by atoms with Gasteiger partial charge in [-0.15, -0.1) is 0 Å². The maximum atomic E-state index is 14.8. The topological polar surface area (TPSA) is 97.2 Å². The molecular formula is C22H20F5N5O3S. The number of anilines is 2. The van der Waals surface area contributed by atoms with Crippen LogP contribution in [0.5, 0.6) is 0 Å². The Labute approximate surface area is 202 Å². The number of amides is 2. The zero-order chi connectivity index (χ0) is 26.5. The summed E-state index contributed by atoms with van der Waals surface area (Å²) in [7, 11) is -2.36. The number of carbonyl (C=O) groups excluding carboxylic acids is 1. The second kappa shape index (κ2) is 8.84. The summed E-state index contributed by atoms with van der Waals surface area (Å²) in [6.07, 6.45) is -0.398. The highest BCUT2D eigenvalue weighted by Gasteiger charge is 2.46. The summed E-state index contributed by atoms with van der Waals surface area (Å²) >= 11 is 0. The number of aromatic nitrogens is 3. The Morgan fingerprint density at radius 3 is 2.56 bits per heavy atom. The molecule has 0 bridgehead atoms. The molecule has 4 rings (SSSR count). The molecule has 14 heteroatoms. The van der Waals surface area contributed by atoms with Crippen LogP contribution >= 0.6 is 0 Å². The van der Waals surface area contributed by atoms with Crippen molar-refractivity contribution in [3.8, 4) is 5.82 Å². The summed E-state index contributed by atoms with van der Waals surface area (Å²) in [5, 5.41) is 2.24. The van der Waals surface area contributed by atoms with Crippen molar-refractivity contribution in [1.82, 2.24) is 14.5 Å². The molecule has 1 aliphatic heterocycles. The Kier molecular flexibility index (Phi) is 6.27. The van der Waals surface area contributed by atoms with Crippen LogP contribution in [0.25, 0.3) is 5.82 Å². The first-order valence-corrected chi connectivity index (χ1v) is 12.2. The molecule has 192 valence electrons. The van der Waals surface area contributed by atoms with Crippen LogP contribution in [0.2, 0.25) is 0 Å². The minimum absolute atomic E-state index is 0.0379. The van der Waals surface area contributed by atoms with E-state index in [4.69, 9.17) is 0 Å². The second-order valence-electron chi connectivity index (χ2n) is 8.47. The first-order chi connectivity index (χ1) is 16.7. The highest BCUT2D eigenvalue weighted by Crippen LogP contribution is 2.40. The summed E-state index contributed by atoms with van der Waals surface area (Å²) in [6, 6.07) is 2.37. The fourth-order valence-corrected chi connectivity index (χ4v) is 5.84. The van der Waals surface area contributed by atoms with Gasteiger partial charge in [0.15, 0.2) is 27.3 Å². The summed E-state index contributed by atoms with van der Waals surface area (Å²) in [5.74, 6) is -2.71. The van der Waals surface area contributed by atoms with Crippen LogP contribution in [0, 0.1) is 11.6 Å². The third kappa shape index (κ3) is 4.40. The Morgan fingerprint density at radius 1 is 1.22 bits per heavy atom. The molecular weight excluding hydrogens is 509 g/mol. The number of sulfone groups is 1. The van der Waals surface area contributed by atoms with E-state index in [-0.39, 0.29) is 23.0 Å². The quantitative estimate of drug-likeness (QED) is 0.496. The number of rotatable bonds is 4. The monoisotopic (exact) mass is 529 g/mol. The summed E-state index contributed by atoms with van der Waals surface area (Å²) in [5.41, 5.74) is -2.06. The van der Waals surface area contributed by atoms with Gasteiger partial charge in [0.05, 0.1) is 34.6 Å². The van der Waals surface area contributed by atoms with Gasteiger partial charge in [0.25, 0.3) is 0 Å². The van der Waals surface area contributed by atoms with Gasteiger partial charge in [-0.2, -0.15) is 13.2 Å².